The van der Waals surface area contributed by atoms with Crippen molar-refractivity contribution in [2.45, 2.75) is 65.2 Å². The molecule has 10 heteroatoms. The Balaban J connectivity index is 1.57. The van der Waals surface area contributed by atoms with Crippen LogP contribution in [0.1, 0.15) is 70.5 Å². The zero-order valence-corrected chi connectivity index (χ0v) is 23.1. The van der Waals surface area contributed by atoms with Gasteiger partial charge in [-0.05, 0) is 71.2 Å². The number of pyridine rings is 2. The molecule has 1 fully saturated rings. The van der Waals surface area contributed by atoms with E-state index in [9.17, 15) is 10.1 Å². The van der Waals surface area contributed by atoms with Crippen molar-refractivity contribution in [3.8, 4) is 11.9 Å². The van der Waals surface area contributed by atoms with Crippen LogP contribution in [-0.4, -0.2) is 55.8 Å². The molecular weight excluding hydrogens is 494 g/mol. The minimum absolute atomic E-state index is 0.0545. The summed E-state index contributed by atoms with van der Waals surface area (Å²) in [6.07, 6.45) is 5.56. The third kappa shape index (κ3) is 6.55. The number of nitriles is 1. The Kier molecular flexibility index (Phi) is 8.19. The van der Waals surface area contributed by atoms with Crippen LogP contribution in [0.5, 0.6) is 5.88 Å². The summed E-state index contributed by atoms with van der Waals surface area (Å²) in [6, 6.07) is 11.6. The lowest BCUT2D eigenvalue weighted by molar-refractivity contribution is 0.0207. The summed E-state index contributed by atoms with van der Waals surface area (Å²) in [5.74, 6) is 0.451. The molecule has 0 saturated carbocycles. The minimum atomic E-state index is -0.522. The molecule has 1 atom stereocenters. The molecule has 39 heavy (non-hydrogen) atoms. The molecule has 1 aliphatic heterocycles. The maximum Gasteiger partial charge on any atom is 0.410 e. The van der Waals surface area contributed by atoms with Gasteiger partial charge in [-0.3, -0.25) is 14.4 Å². The molecule has 1 amide bonds. The Morgan fingerprint density at radius 1 is 1.26 bits per heavy atom. The summed E-state index contributed by atoms with van der Waals surface area (Å²) >= 11 is 0. The minimum Gasteiger partial charge on any atom is -0.469 e. The van der Waals surface area contributed by atoms with E-state index in [0.717, 1.165) is 35.4 Å². The highest BCUT2D eigenvalue weighted by atomic mass is 16.6. The first kappa shape index (κ1) is 27.6. The van der Waals surface area contributed by atoms with E-state index in [1.165, 1.54) is 12.4 Å². The number of fused-ring (bicyclic) bond motifs is 1. The van der Waals surface area contributed by atoms with Crippen LogP contribution < -0.4 is 10.5 Å². The lowest BCUT2D eigenvalue weighted by atomic mass is 10.0. The predicted molar refractivity (Wildman–Crippen MR) is 149 cm³/mol. The van der Waals surface area contributed by atoms with Gasteiger partial charge in [-0.15, -0.1) is 0 Å². The third-order valence-electron chi connectivity index (χ3n) is 6.45. The van der Waals surface area contributed by atoms with Crippen molar-refractivity contribution >= 4 is 23.0 Å². The number of aromatic nitrogens is 3. The maximum absolute atomic E-state index is 12.4. The molecule has 204 valence electrons. The highest BCUT2D eigenvalue weighted by molar-refractivity contribution is 6.22. The summed E-state index contributed by atoms with van der Waals surface area (Å²) in [4.78, 5) is 27.9. The number of imidazole rings is 1. The lowest BCUT2D eigenvalue weighted by Crippen LogP contribution is -2.42. The molecule has 1 aliphatic rings. The van der Waals surface area contributed by atoms with Gasteiger partial charge in [0.1, 0.15) is 29.1 Å². The van der Waals surface area contributed by atoms with Gasteiger partial charge < -0.3 is 20.1 Å². The highest BCUT2D eigenvalue weighted by Crippen LogP contribution is 2.29. The molecular formula is C29H35N7O3. The van der Waals surface area contributed by atoms with Crippen LogP contribution in [0.2, 0.25) is 0 Å². The smallest absolute Gasteiger partial charge is 0.410 e. The summed E-state index contributed by atoms with van der Waals surface area (Å²) in [6.45, 7) is 10.6. The van der Waals surface area contributed by atoms with E-state index in [0.29, 0.717) is 30.3 Å². The van der Waals surface area contributed by atoms with Crippen molar-refractivity contribution in [2.75, 3.05) is 13.1 Å². The first-order valence-corrected chi connectivity index (χ1v) is 13.0. The van der Waals surface area contributed by atoms with Crippen LogP contribution in [0.4, 0.5) is 4.79 Å². The first-order chi connectivity index (χ1) is 18.6. The summed E-state index contributed by atoms with van der Waals surface area (Å²) in [5.41, 5.74) is 9.55. The van der Waals surface area contributed by atoms with Gasteiger partial charge in [0.05, 0.1) is 17.9 Å². The Labute approximate surface area is 228 Å². The number of carbonyl (C=O) groups is 1. The Morgan fingerprint density at radius 2 is 2.00 bits per heavy atom. The van der Waals surface area contributed by atoms with Crippen LogP contribution >= 0.6 is 0 Å². The van der Waals surface area contributed by atoms with Gasteiger partial charge >= 0.3 is 6.09 Å². The zero-order chi connectivity index (χ0) is 28.2. The fourth-order valence-corrected chi connectivity index (χ4v) is 4.53. The van der Waals surface area contributed by atoms with Gasteiger partial charge in [0.2, 0.25) is 5.88 Å². The molecule has 3 aromatic heterocycles. The van der Waals surface area contributed by atoms with E-state index in [-0.39, 0.29) is 18.2 Å². The second-order valence-electron chi connectivity index (χ2n) is 10.5. The van der Waals surface area contributed by atoms with E-state index >= 15 is 0 Å². The molecule has 0 bridgehead atoms. The number of aliphatic imine (C=N–C) groups is 1. The Hall–Kier alpha value is -4.39. The highest BCUT2D eigenvalue weighted by Gasteiger charge is 2.27. The number of hydrogen-bond acceptors (Lipinski definition) is 8. The van der Waals surface area contributed by atoms with Crippen molar-refractivity contribution in [2.24, 2.45) is 10.7 Å². The Morgan fingerprint density at radius 3 is 2.62 bits per heavy atom. The summed E-state index contributed by atoms with van der Waals surface area (Å²) in [5, 5.41) is 9.64. The molecule has 1 unspecified atom stereocenters. The van der Waals surface area contributed by atoms with Crippen LogP contribution in [0.25, 0.3) is 11.2 Å². The number of ether oxygens (including phenoxy) is 2. The monoisotopic (exact) mass is 529 g/mol. The van der Waals surface area contributed by atoms with Crippen LogP contribution in [-0.2, 0) is 4.74 Å². The zero-order valence-electron chi connectivity index (χ0n) is 23.1. The van der Waals surface area contributed by atoms with E-state index in [4.69, 9.17) is 20.2 Å². The number of amides is 1. The number of carbonyl (C=O) groups excluding carboxylic acids is 1. The van der Waals surface area contributed by atoms with Crippen molar-refractivity contribution in [1.29, 1.82) is 5.26 Å². The lowest BCUT2D eigenvalue weighted by Gasteiger charge is -2.32. The number of nitrogens with two attached hydrogens (primary N) is 1. The number of likely N-dealkylation sites (tertiary alicyclic amines) is 1. The molecule has 0 spiro atoms. The van der Waals surface area contributed by atoms with Gasteiger partial charge in [0.25, 0.3) is 0 Å². The fourth-order valence-electron chi connectivity index (χ4n) is 4.53. The van der Waals surface area contributed by atoms with E-state index in [1.54, 1.807) is 15.5 Å². The van der Waals surface area contributed by atoms with Crippen LogP contribution in [0.3, 0.4) is 0 Å². The molecule has 0 aromatic carbocycles. The van der Waals surface area contributed by atoms with Crippen molar-refractivity contribution < 1.29 is 14.3 Å². The van der Waals surface area contributed by atoms with Gasteiger partial charge in [-0.2, -0.15) is 5.26 Å². The second kappa shape index (κ2) is 11.6. The number of piperidine rings is 1. The molecule has 3 aromatic rings. The Bertz CT molecular complexity index is 1420. The average molecular weight is 530 g/mol. The topological polar surface area (TPSA) is 131 Å². The summed E-state index contributed by atoms with van der Waals surface area (Å²) in [7, 11) is 0. The van der Waals surface area contributed by atoms with Crippen LogP contribution in [0, 0.1) is 11.3 Å². The quantitative estimate of drug-likeness (QED) is 0.449. The molecule has 2 N–H and O–H groups in total. The van der Waals surface area contributed by atoms with E-state index in [1.807, 2.05) is 65.0 Å². The van der Waals surface area contributed by atoms with Gasteiger partial charge in [-0.1, -0.05) is 6.07 Å². The number of nitrogens with zero attached hydrogens (tertiary/aromatic N) is 6. The van der Waals surface area contributed by atoms with Crippen molar-refractivity contribution in [3.63, 3.8) is 0 Å². The molecule has 0 radical (unpaired) electrons. The standard InChI is InChI=1S/C29H35N7O3/c1-19(34-22-9-12-35(13-10-22)28(37)39-29(3,4)5)24(17-31)21-14-26-33-18-23(16-30)36(26)27(15-21)38-20(2)25-8-6-7-11-32-25/h6-8,11,14-15,17-18,20,22H,9-10,12-13,31H2,1-5H3/b24-17+,34-19?. The molecule has 4 heterocycles. The SMILES string of the molecule is CC(=NC1CCN(C(=O)OC(C)(C)C)CC1)/C(=C\N)c1cc(OC(C)c2ccccn2)n2c(C#N)cnc2c1. The van der Waals surface area contributed by atoms with Crippen molar-refractivity contribution in [1.82, 2.24) is 19.3 Å². The van der Waals surface area contributed by atoms with E-state index < -0.39 is 5.60 Å². The van der Waals surface area contributed by atoms with E-state index in [2.05, 4.69) is 16.0 Å². The number of rotatable bonds is 6. The van der Waals surface area contributed by atoms with Gasteiger partial charge in [-0.25, -0.2) is 9.78 Å². The largest absolute Gasteiger partial charge is 0.469 e. The molecule has 10 nitrogen and oxygen atoms in total. The second-order valence-corrected chi connectivity index (χ2v) is 10.5. The normalized spacial score (nSPS) is 16.2. The molecule has 0 aliphatic carbocycles. The maximum atomic E-state index is 12.4. The van der Waals surface area contributed by atoms with Crippen molar-refractivity contribution in [3.05, 3.63) is 65.9 Å². The molecule has 4 rings (SSSR count). The first-order valence-electron chi connectivity index (χ1n) is 13.0. The molecule has 1 saturated heterocycles. The number of hydrogen-bond donors (Lipinski definition) is 1. The van der Waals surface area contributed by atoms with Gasteiger partial charge in [0, 0.05) is 42.8 Å². The fraction of sp³-hybridized carbons (Fsp3) is 0.414. The summed E-state index contributed by atoms with van der Waals surface area (Å²) < 4.78 is 13.5. The number of allylic oxidation sites excluding steroid dienone is 1. The average Bonchev–Trinajstić information content (AvgIpc) is 3.32. The third-order valence-corrected chi connectivity index (χ3v) is 6.45. The van der Waals surface area contributed by atoms with Gasteiger partial charge in [0.15, 0.2) is 0 Å². The predicted octanol–water partition coefficient (Wildman–Crippen LogP) is 4.90. The van der Waals surface area contributed by atoms with Crippen LogP contribution in [0.15, 0.2) is 53.9 Å².